The van der Waals surface area contributed by atoms with Crippen LogP contribution in [-0.4, -0.2) is 30.5 Å². The summed E-state index contributed by atoms with van der Waals surface area (Å²) >= 11 is 0. The smallest absolute Gasteiger partial charge is 0.253 e. The average Bonchev–Trinajstić information content (AvgIpc) is 3.28. The Hall–Kier alpha value is -3.01. The zero-order valence-corrected chi connectivity index (χ0v) is 16.1. The van der Waals surface area contributed by atoms with E-state index in [-0.39, 0.29) is 5.91 Å². The molecule has 0 radical (unpaired) electrons. The molecular weight excluding hydrogens is 350 g/mol. The molecule has 0 saturated carbocycles. The molecule has 1 unspecified atom stereocenters. The molecular formula is C24H25NO3. The summed E-state index contributed by atoms with van der Waals surface area (Å²) in [5.74, 6) is 2.10. The van der Waals surface area contributed by atoms with Crippen LogP contribution in [0.3, 0.4) is 0 Å². The van der Waals surface area contributed by atoms with E-state index in [1.807, 2.05) is 53.4 Å². The molecule has 1 aromatic heterocycles. The number of likely N-dealkylation sites (tertiary alicyclic amines) is 1. The van der Waals surface area contributed by atoms with Gasteiger partial charge in [-0.1, -0.05) is 29.8 Å². The number of hydrogen-bond donors (Lipinski definition) is 0. The van der Waals surface area contributed by atoms with E-state index < -0.39 is 0 Å². The first-order valence-electron chi connectivity index (χ1n) is 9.82. The molecule has 4 rings (SSSR count). The second-order valence-electron chi connectivity index (χ2n) is 7.44. The summed E-state index contributed by atoms with van der Waals surface area (Å²) in [6.07, 6.45) is 3.74. The maximum absolute atomic E-state index is 13.0. The van der Waals surface area contributed by atoms with Crippen molar-refractivity contribution in [3.05, 3.63) is 78.1 Å². The van der Waals surface area contributed by atoms with Crippen molar-refractivity contribution in [2.24, 2.45) is 5.92 Å². The van der Waals surface area contributed by atoms with Crippen molar-refractivity contribution < 1.29 is 13.9 Å². The van der Waals surface area contributed by atoms with Gasteiger partial charge in [-0.3, -0.25) is 4.79 Å². The lowest BCUT2D eigenvalue weighted by Crippen LogP contribution is -2.41. The van der Waals surface area contributed by atoms with Gasteiger partial charge in [0.2, 0.25) is 0 Å². The van der Waals surface area contributed by atoms with Crippen molar-refractivity contribution >= 4 is 5.91 Å². The third-order valence-corrected chi connectivity index (χ3v) is 5.23. The van der Waals surface area contributed by atoms with Gasteiger partial charge in [-0.15, -0.1) is 0 Å². The number of carbonyl (C=O) groups is 1. The van der Waals surface area contributed by atoms with Crippen LogP contribution < -0.4 is 4.74 Å². The van der Waals surface area contributed by atoms with Gasteiger partial charge in [-0.2, -0.15) is 0 Å². The number of hydrogen-bond acceptors (Lipinski definition) is 3. The van der Waals surface area contributed by atoms with Gasteiger partial charge in [0.15, 0.2) is 0 Å². The van der Waals surface area contributed by atoms with Gasteiger partial charge in [0.05, 0.1) is 12.9 Å². The third-order valence-electron chi connectivity index (χ3n) is 5.23. The molecule has 1 amide bonds. The van der Waals surface area contributed by atoms with Crippen LogP contribution in [0, 0.1) is 12.8 Å². The molecule has 2 aromatic carbocycles. The lowest BCUT2D eigenvalue weighted by atomic mass is 9.98. The van der Waals surface area contributed by atoms with E-state index in [0.717, 1.165) is 43.0 Å². The minimum Gasteiger partial charge on any atom is -0.493 e. The monoisotopic (exact) mass is 375 g/mol. The number of amides is 1. The van der Waals surface area contributed by atoms with E-state index in [2.05, 4.69) is 19.1 Å². The summed E-state index contributed by atoms with van der Waals surface area (Å²) in [6.45, 7) is 4.23. The Kier molecular flexibility index (Phi) is 5.47. The molecule has 0 spiro atoms. The molecule has 4 nitrogen and oxygen atoms in total. The number of furan rings is 1. The van der Waals surface area contributed by atoms with E-state index in [1.54, 1.807) is 6.26 Å². The zero-order valence-electron chi connectivity index (χ0n) is 16.1. The first kappa shape index (κ1) is 18.4. The zero-order chi connectivity index (χ0) is 19.3. The predicted octanol–water partition coefficient (Wildman–Crippen LogP) is 5.19. The quantitative estimate of drug-likeness (QED) is 0.617. The van der Waals surface area contributed by atoms with Gasteiger partial charge >= 0.3 is 0 Å². The lowest BCUT2D eigenvalue weighted by Gasteiger charge is -2.32. The number of ether oxygens (including phenoxy) is 1. The summed E-state index contributed by atoms with van der Waals surface area (Å²) in [5.41, 5.74) is 2.85. The van der Waals surface area contributed by atoms with Crippen molar-refractivity contribution in [2.75, 3.05) is 19.7 Å². The molecule has 1 aliphatic rings. The van der Waals surface area contributed by atoms with E-state index in [1.165, 1.54) is 5.56 Å². The van der Waals surface area contributed by atoms with Gasteiger partial charge in [0.1, 0.15) is 11.5 Å². The largest absolute Gasteiger partial charge is 0.493 e. The van der Waals surface area contributed by atoms with Crippen LogP contribution in [0.15, 0.2) is 71.3 Å². The fourth-order valence-electron chi connectivity index (χ4n) is 3.67. The number of benzene rings is 2. The molecule has 144 valence electrons. The lowest BCUT2D eigenvalue weighted by molar-refractivity contribution is 0.0633. The standard InChI is InChI=1S/C24H25NO3/c1-18-9-11-22(12-10-18)28-17-19-5-3-13-25(16-19)24(26)21-7-2-6-20(15-21)23-8-4-14-27-23/h2,4,6-12,14-15,19H,3,5,13,16-17H2,1H3. The molecule has 1 atom stereocenters. The van der Waals surface area contributed by atoms with Crippen molar-refractivity contribution in [3.63, 3.8) is 0 Å². The molecule has 0 aliphatic carbocycles. The van der Waals surface area contributed by atoms with Gasteiger partial charge < -0.3 is 14.1 Å². The Labute approximate surface area is 165 Å². The number of carbonyl (C=O) groups excluding carboxylic acids is 1. The summed E-state index contributed by atoms with van der Waals surface area (Å²) in [7, 11) is 0. The topological polar surface area (TPSA) is 42.7 Å². The van der Waals surface area contributed by atoms with Crippen LogP contribution >= 0.6 is 0 Å². The van der Waals surface area contributed by atoms with Gasteiger partial charge in [0, 0.05) is 30.1 Å². The Morgan fingerprint density at radius 2 is 2.00 bits per heavy atom. The molecule has 3 aromatic rings. The minimum absolute atomic E-state index is 0.0773. The minimum atomic E-state index is 0.0773. The molecule has 1 fully saturated rings. The molecule has 4 heteroatoms. The van der Waals surface area contributed by atoms with Crippen molar-refractivity contribution in [2.45, 2.75) is 19.8 Å². The fraction of sp³-hybridized carbons (Fsp3) is 0.292. The Morgan fingerprint density at radius 3 is 2.79 bits per heavy atom. The summed E-state index contributed by atoms with van der Waals surface area (Å²) < 4.78 is 11.4. The van der Waals surface area contributed by atoms with Crippen LogP contribution in [0.2, 0.25) is 0 Å². The summed E-state index contributed by atoms with van der Waals surface area (Å²) in [4.78, 5) is 15.0. The first-order valence-corrected chi connectivity index (χ1v) is 9.82. The number of rotatable bonds is 5. The van der Waals surface area contributed by atoms with Gasteiger partial charge in [-0.05, 0) is 56.2 Å². The first-order chi connectivity index (χ1) is 13.7. The van der Waals surface area contributed by atoms with E-state index in [0.29, 0.717) is 18.1 Å². The van der Waals surface area contributed by atoms with Crippen LogP contribution in [0.5, 0.6) is 5.75 Å². The molecule has 0 N–H and O–H groups in total. The normalized spacial score (nSPS) is 16.8. The maximum atomic E-state index is 13.0. The molecule has 1 saturated heterocycles. The number of aryl methyl sites for hydroxylation is 1. The fourth-order valence-corrected chi connectivity index (χ4v) is 3.67. The van der Waals surface area contributed by atoms with E-state index >= 15 is 0 Å². The second-order valence-corrected chi connectivity index (χ2v) is 7.44. The van der Waals surface area contributed by atoms with E-state index in [9.17, 15) is 4.79 Å². The number of nitrogens with zero attached hydrogens (tertiary/aromatic N) is 1. The Balaban J connectivity index is 1.39. The predicted molar refractivity (Wildman–Crippen MR) is 109 cm³/mol. The highest BCUT2D eigenvalue weighted by Crippen LogP contribution is 2.24. The summed E-state index contributed by atoms with van der Waals surface area (Å²) in [6, 6.07) is 19.5. The number of piperidine rings is 1. The second kappa shape index (κ2) is 8.34. The highest BCUT2D eigenvalue weighted by atomic mass is 16.5. The summed E-state index contributed by atoms with van der Waals surface area (Å²) in [5, 5.41) is 0. The SMILES string of the molecule is Cc1ccc(OCC2CCCN(C(=O)c3cccc(-c4ccco4)c3)C2)cc1. The van der Waals surface area contributed by atoms with Crippen LogP contribution in [0.1, 0.15) is 28.8 Å². The maximum Gasteiger partial charge on any atom is 0.253 e. The van der Waals surface area contributed by atoms with Crippen LogP contribution in [0.25, 0.3) is 11.3 Å². The molecule has 2 heterocycles. The van der Waals surface area contributed by atoms with Crippen molar-refractivity contribution in [1.29, 1.82) is 0 Å². The van der Waals surface area contributed by atoms with Crippen molar-refractivity contribution in [3.8, 4) is 17.1 Å². The third kappa shape index (κ3) is 4.28. The highest BCUT2D eigenvalue weighted by Gasteiger charge is 2.25. The van der Waals surface area contributed by atoms with E-state index in [4.69, 9.17) is 9.15 Å². The molecule has 1 aliphatic heterocycles. The van der Waals surface area contributed by atoms with Gasteiger partial charge in [-0.25, -0.2) is 0 Å². The van der Waals surface area contributed by atoms with Crippen LogP contribution in [0.4, 0.5) is 0 Å². The van der Waals surface area contributed by atoms with Crippen LogP contribution in [-0.2, 0) is 0 Å². The average molecular weight is 375 g/mol. The van der Waals surface area contributed by atoms with Crippen molar-refractivity contribution in [1.82, 2.24) is 4.90 Å². The Morgan fingerprint density at radius 1 is 1.14 bits per heavy atom. The highest BCUT2D eigenvalue weighted by molar-refractivity contribution is 5.95. The van der Waals surface area contributed by atoms with Gasteiger partial charge in [0.25, 0.3) is 5.91 Å². The molecule has 0 bridgehead atoms. The molecule has 28 heavy (non-hydrogen) atoms. The Bertz CT molecular complexity index is 915.